The quantitative estimate of drug-likeness (QED) is 0.780. The number of hydrogen-bond donors (Lipinski definition) is 2. The van der Waals surface area contributed by atoms with Crippen LogP contribution in [0.5, 0.6) is 0 Å². The van der Waals surface area contributed by atoms with Gasteiger partial charge in [0.2, 0.25) is 11.8 Å². The van der Waals surface area contributed by atoms with Crippen LogP contribution in [0, 0.1) is 0 Å². The van der Waals surface area contributed by atoms with Crippen molar-refractivity contribution < 1.29 is 9.59 Å². The molecule has 1 aliphatic carbocycles. The summed E-state index contributed by atoms with van der Waals surface area (Å²) in [6.07, 6.45) is 7.14. The van der Waals surface area contributed by atoms with E-state index in [0.29, 0.717) is 31.2 Å². The highest BCUT2D eigenvalue weighted by atomic mass is 16.2. The summed E-state index contributed by atoms with van der Waals surface area (Å²) in [7, 11) is 0. The van der Waals surface area contributed by atoms with Gasteiger partial charge in [-0.05, 0) is 40.0 Å². The molecule has 0 unspecified atom stereocenters. The largest absolute Gasteiger partial charge is 0.352 e. The van der Waals surface area contributed by atoms with Crippen LogP contribution in [0.15, 0.2) is 0 Å². The van der Waals surface area contributed by atoms with E-state index in [1.54, 1.807) is 0 Å². The third-order valence-corrected chi connectivity index (χ3v) is 5.65. The Kier molecular flexibility index (Phi) is 5.68. The van der Waals surface area contributed by atoms with Gasteiger partial charge in [-0.1, -0.05) is 19.3 Å². The zero-order valence-electron chi connectivity index (χ0n) is 16.0. The molecule has 0 aromatic rings. The normalized spacial score (nSPS) is 28.3. The Morgan fingerprint density at radius 3 is 2.00 bits per heavy atom. The summed E-state index contributed by atoms with van der Waals surface area (Å²) in [4.78, 5) is 29.1. The summed E-state index contributed by atoms with van der Waals surface area (Å²) in [5, 5.41) is 6.25. The number of amides is 2. The lowest BCUT2D eigenvalue weighted by molar-refractivity contribution is -0.126. The van der Waals surface area contributed by atoms with Crippen molar-refractivity contribution >= 4 is 11.8 Å². The molecule has 3 aliphatic rings. The maximum atomic E-state index is 12.3. The van der Waals surface area contributed by atoms with Gasteiger partial charge >= 0.3 is 0 Å². The molecule has 2 heterocycles. The molecule has 0 aromatic carbocycles. The Morgan fingerprint density at radius 1 is 0.920 bits per heavy atom. The maximum Gasteiger partial charge on any atom is 0.234 e. The number of piperazine rings is 1. The highest BCUT2D eigenvalue weighted by Crippen LogP contribution is 2.30. The lowest BCUT2D eigenvalue weighted by Crippen LogP contribution is -2.53. The minimum absolute atomic E-state index is 0.0987. The van der Waals surface area contributed by atoms with Crippen molar-refractivity contribution in [3.05, 3.63) is 0 Å². The summed E-state index contributed by atoms with van der Waals surface area (Å²) >= 11 is 0. The van der Waals surface area contributed by atoms with Crippen LogP contribution >= 0.6 is 0 Å². The van der Waals surface area contributed by atoms with E-state index in [9.17, 15) is 9.59 Å². The van der Waals surface area contributed by atoms with Gasteiger partial charge in [0.25, 0.3) is 0 Å². The number of carbonyl (C=O) groups is 2. The van der Waals surface area contributed by atoms with Gasteiger partial charge in [-0.15, -0.1) is 0 Å². The van der Waals surface area contributed by atoms with Gasteiger partial charge in [0, 0.05) is 36.8 Å². The zero-order chi connectivity index (χ0) is 18.0. The highest BCUT2D eigenvalue weighted by Gasteiger charge is 2.44. The predicted octanol–water partition coefficient (Wildman–Crippen LogP) is 1.11. The average Bonchev–Trinajstić information content (AvgIpc) is 3.05. The Morgan fingerprint density at radius 2 is 1.48 bits per heavy atom. The second-order valence-corrected chi connectivity index (χ2v) is 9.10. The van der Waals surface area contributed by atoms with Gasteiger partial charge in [-0.3, -0.25) is 19.4 Å². The van der Waals surface area contributed by atoms with E-state index in [0.717, 1.165) is 32.4 Å². The minimum atomic E-state index is -0.181. The molecule has 0 aromatic heterocycles. The van der Waals surface area contributed by atoms with Crippen LogP contribution in [-0.2, 0) is 9.59 Å². The number of nitrogens with zero attached hydrogens (tertiary/aromatic N) is 2. The van der Waals surface area contributed by atoms with Gasteiger partial charge in [0.15, 0.2) is 0 Å². The van der Waals surface area contributed by atoms with Crippen molar-refractivity contribution in [3.8, 4) is 0 Å². The van der Waals surface area contributed by atoms with Gasteiger partial charge in [-0.2, -0.15) is 0 Å². The average molecular weight is 351 g/mol. The molecule has 2 N–H and O–H groups in total. The molecule has 3 rings (SSSR count). The lowest BCUT2D eigenvalue weighted by atomic mass is 9.95. The van der Waals surface area contributed by atoms with Gasteiger partial charge in [-0.25, -0.2) is 0 Å². The summed E-state index contributed by atoms with van der Waals surface area (Å²) in [6.45, 7) is 8.82. The van der Waals surface area contributed by atoms with Crippen LogP contribution in [0.25, 0.3) is 0 Å². The first-order chi connectivity index (χ1) is 11.8. The van der Waals surface area contributed by atoms with E-state index < -0.39 is 0 Å². The number of rotatable bonds is 5. The smallest absolute Gasteiger partial charge is 0.234 e. The van der Waals surface area contributed by atoms with Crippen molar-refractivity contribution in [1.29, 1.82) is 0 Å². The van der Waals surface area contributed by atoms with E-state index in [2.05, 4.69) is 20.4 Å². The summed E-state index contributed by atoms with van der Waals surface area (Å²) in [6, 6.07) is 1.22. The number of likely N-dealkylation sites (tertiary alicyclic amines) is 2. The van der Waals surface area contributed by atoms with E-state index in [1.165, 1.54) is 19.3 Å². The summed E-state index contributed by atoms with van der Waals surface area (Å²) in [5.41, 5.74) is -0.181. The zero-order valence-corrected chi connectivity index (χ0v) is 16.0. The first kappa shape index (κ1) is 18.6. The molecule has 2 amide bonds. The molecule has 142 valence electrons. The van der Waals surface area contributed by atoms with Crippen LogP contribution in [0.4, 0.5) is 0 Å². The molecule has 2 aliphatic heterocycles. The Balaban J connectivity index is 1.41. The number of hydrogen-bond acceptors (Lipinski definition) is 4. The standard InChI is InChI=1S/C19H34N4O2/c1-19(2,3)21-18(25)13-23-11-15-9-16(23)10-22(15)12-17(24)20-14-7-5-4-6-8-14/h14-16H,4-13H2,1-3H3,(H,20,24)(H,21,25)/t15-,16-/m0/s1. The van der Waals surface area contributed by atoms with Crippen molar-refractivity contribution in [2.24, 2.45) is 0 Å². The first-order valence-electron chi connectivity index (χ1n) is 9.88. The van der Waals surface area contributed by atoms with Crippen molar-refractivity contribution in [1.82, 2.24) is 20.4 Å². The van der Waals surface area contributed by atoms with Crippen molar-refractivity contribution in [2.45, 2.75) is 83.0 Å². The summed E-state index contributed by atoms with van der Waals surface area (Å²) in [5.74, 6) is 0.276. The van der Waals surface area contributed by atoms with Gasteiger partial charge < -0.3 is 10.6 Å². The topological polar surface area (TPSA) is 64.7 Å². The van der Waals surface area contributed by atoms with E-state index in [4.69, 9.17) is 0 Å². The second kappa shape index (κ2) is 7.62. The van der Waals surface area contributed by atoms with Crippen LogP contribution < -0.4 is 10.6 Å². The maximum absolute atomic E-state index is 12.3. The monoisotopic (exact) mass is 350 g/mol. The number of nitrogens with one attached hydrogen (secondary N) is 2. The molecule has 2 atom stereocenters. The third-order valence-electron chi connectivity index (χ3n) is 5.65. The lowest BCUT2D eigenvalue weighted by Gasteiger charge is -2.34. The fourth-order valence-corrected chi connectivity index (χ4v) is 4.57. The van der Waals surface area contributed by atoms with Crippen LogP contribution in [0.2, 0.25) is 0 Å². The SMILES string of the molecule is CC(C)(C)NC(=O)CN1C[C@@H]2C[C@H]1CN2CC(=O)NC1CCCCC1. The molecule has 2 saturated heterocycles. The molecular weight excluding hydrogens is 316 g/mol. The van der Waals surface area contributed by atoms with Crippen molar-refractivity contribution in [3.63, 3.8) is 0 Å². The van der Waals surface area contributed by atoms with E-state index in [1.807, 2.05) is 20.8 Å². The highest BCUT2D eigenvalue weighted by molar-refractivity contribution is 5.79. The summed E-state index contributed by atoms with van der Waals surface area (Å²) < 4.78 is 0. The fourth-order valence-electron chi connectivity index (χ4n) is 4.57. The molecule has 6 nitrogen and oxygen atoms in total. The molecule has 3 fully saturated rings. The number of carbonyl (C=O) groups excluding carboxylic acids is 2. The second-order valence-electron chi connectivity index (χ2n) is 9.10. The Labute approximate surface area is 151 Å². The van der Waals surface area contributed by atoms with Gasteiger partial charge in [0.05, 0.1) is 13.1 Å². The fraction of sp³-hybridized carbons (Fsp3) is 0.895. The molecular formula is C19H34N4O2. The van der Waals surface area contributed by atoms with E-state index in [-0.39, 0.29) is 17.4 Å². The van der Waals surface area contributed by atoms with E-state index >= 15 is 0 Å². The Bertz CT molecular complexity index is 496. The van der Waals surface area contributed by atoms with Crippen LogP contribution in [0.1, 0.15) is 59.3 Å². The molecule has 6 heteroatoms. The van der Waals surface area contributed by atoms with Gasteiger partial charge in [0.1, 0.15) is 0 Å². The number of fused-ring (bicyclic) bond motifs is 2. The van der Waals surface area contributed by atoms with Crippen molar-refractivity contribution in [2.75, 3.05) is 26.2 Å². The van der Waals surface area contributed by atoms with Crippen LogP contribution in [-0.4, -0.2) is 71.5 Å². The molecule has 1 saturated carbocycles. The molecule has 2 bridgehead atoms. The molecule has 0 radical (unpaired) electrons. The molecule has 25 heavy (non-hydrogen) atoms. The predicted molar refractivity (Wildman–Crippen MR) is 98.3 cm³/mol. The van der Waals surface area contributed by atoms with Crippen LogP contribution in [0.3, 0.4) is 0 Å². The Hall–Kier alpha value is -1.14. The molecule has 0 spiro atoms. The first-order valence-corrected chi connectivity index (χ1v) is 9.88. The minimum Gasteiger partial charge on any atom is -0.352 e. The third kappa shape index (κ3) is 5.17.